The van der Waals surface area contributed by atoms with E-state index in [2.05, 4.69) is 58.9 Å². The van der Waals surface area contributed by atoms with E-state index in [4.69, 9.17) is 0 Å². The first-order valence-corrected chi connectivity index (χ1v) is 7.78. The van der Waals surface area contributed by atoms with E-state index in [1.807, 2.05) is 23.5 Å². The average molecular weight is 287 g/mol. The second-order valence-corrected chi connectivity index (χ2v) is 5.88. The summed E-state index contributed by atoms with van der Waals surface area (Å²) >= 11 is 6.45. The van der Waals surface area contributed by atoms with Crippen molar-refractivity contribution in [3.63, 3.8) is 0 Å². The van der Waals surface area contributed by atoms with Crippen LogP contribution in [0.1, 0.15) is 36.1 Å². The Hall–Kier alpha value is -1.28. The summed E-state index contributed by atoms with van der Waals surface area (Å²) in [6.07, 6.45) is 3.64. The molecule has 2 rings (SSSR count). The predicted molar refractivity (Wildman–Crippen MR) is 86.8 cm³/mol. The second-order valence-electron chi connectivity index (χ2n) is 4.67. The van der Waals surface area contributed by atoms with Gasteiger partial charge in [-0.05, 0) is 66.5 Å². The molecule has 0 aliphatic carbocycles. The lowest BCUT2D eigenvalue weighted by Gasteiger charge is -2.11. The van der Waals surface area contributed by atoms with Crippen LogP contribution in [0.4, 0.5) is 5.69 Å². The third-order valence-corrected chi connectivity index (χ3v) is 4.30. The first-order chi connectivity index (χ1) is 9.29. The van der Waals surface area contributed by atoms with E-state index < -0.39 is 0 Å². The Morgan fingerprint density at radius 3 is 2.68 bits per heavy atom. The number of rotatable bonds is 6. The molecular formula is C16H17NS2. The van der Waals surface area contributed by atoms with Crippen LogP contribution in [0.2, 0.25) is 0 Å². The Morgan fingerprint density at radius 2 is 2.05 bits per heavy atom. The molecule has 1 unspecified atom stereocenters. The van der Waals surface area contributed by atoms with E-state index in [0.717, 1.165) is 5.69 Å². The van der Waals surface area contributed by atoms with Gasteiger partial charge in [0.25, 0.3) is 0 Å². The lowest BCUT2D eigenvalue weighted by atomic mass is 9.95. The highest BCUT2D eigenvalue weighted by Crippen LogP contribution is 2.24. The van der Waals surface area contributed by atoms with E-state index in [0.29, 0.717) is 5.92 Å². The minimum absolute atomic E-state index is 0.588. The van der Waals surface area contributed by atoms with Crippen molar-refractivity contribution in [2.75, 3.05) is 0 Å². The summed E-state index contributed by atoms with van der Waals surface area (Å²) in [5.41, 5.74) is 2.25. The van der Waals surface area contributed by atoms with Crippen LogP contribution in [0.25, 0.3) is 0 Å². The van der Waals surface area contributed by atoms with Crippen molar-refractivity contribution in [3.05, 3.63) is 52.2 Å². The van der Waals surface area contributed by atoms with Crippen molar-refractivity contribution in [3.8, 4) is 0 Å². The zero-order valence-electron chi connectivity index (χ0n) is 11.0. The minimum Gasteiger partial charge on any atom is -0.195 e. The summed E-state index contributed by atoms with van der Waals surface area (Å²) in [6, 6.07) is 12.6. The summed E-state index contributed by atoms with van der Waals surface area (Å²) in [5, 5.41) is 4.54. The normalized spacial score (nSPS) is 11.8. The van der Waals surface area contributed by atoms with Crippen LogP contribution in [-0.4, -0.2) is 5.16 Å². The smallest absolute Gasteiger partial charge is 0.0739 e. The lowest BCUT2D eigenvalue weighted by molar-refractivity contribution is 0.636. The molecule has 98 valence electrons. The van der Waals surface area contributed by atoms with Gasteiger partial charge in [0, 0.05) is 4.88 Å². The Morgan fingerprint density at radius 1 is 1.26 bits per heavy atom. The number of hydrogen-bond acceptors (Lipinski definition) is 3. The Bertz CT molecular complexity index is 537. The molecule has 0 saturated carbocycles. The van der Waals surface area contributed by atoms with Crippen molar-refractivity contribution < 1.29 is 0 Å². The largest absolute Gasteiger partial charge is 0.195 e. The average Bonchev–Trinajstić information content (AvgIpc) is 2.93. The predicted octanol–water partition coefficient (Wildman–Crippen LogP) is 5.61. The van der Waals surface area contributed by atoms with Gasteiger partial charge in [0.05, 0.1) is 10.8 Å². The summed E-state index contributed by atoms with van der Waals surface area (Å²) in [5.74, 6) is 0.588. The quantitative estimate of drug-likeness (QED) is 0.497. The van der Waals surface area contributed by atoms with Gasteiger partial charge in [0.15, 0.2) is 0 Å². The molecule has 19 heavy (non-hydrogen) atoms. The highest BCUT2D eigenvalue weighted by molar-refractivity contribution is 7.78. The lowest BCUT2D eigenvalue weighted by Crippen LogP contribution is -1.94. The molecule has 0 radical (unpaired) electrons. The fraction of sp³-hybridized carbons (Fsp3) is 0.312. The van der Waals surface area contributed by atoms with Crippen molar-refractivity contribution >= 4 is 34.4 Å². The maximum atomic E-state index is 4.60. The van der Waals surface area contributed by atoms with E-state index in [-0.39, 0.29) is 0 Å². The molecule has 0 spiro atoms. The number of thiophene rings is 1. The second kappa shape index (κ2) is 7.34. The molecular weight excluding hydrogens is 270 g/mol. The molecule has 0 saturated heterocycles. The Kier molecular flexibility index (Phi) is 5.46. The van der Waals surface area contributed by atoms with Crippen molar-refractivity contribution in [1.82, 2.24) is 0 Å². The SMILES string of the molecule is CC(CCCc1cccs1)c1ccc(N=C=S)cc1. The van der Waals surface area contributed by atoms with Crippen LogP contribution in [0.3, 0.4) is 0 Å². The van der Waals surface area contributed by atoms with Crippen molar-refractivity contribution in [2.45, 2.75) is 32.1 Å². The zero-order chi connectivity index (χ0) is 13.5. The number of hydrogen-bond donors (Lipinski definition) is 0. The number of nitrogens with zero attached hydrogens (tertiary/aromatic N) is 1. The fourth-order valence-corrected chi connectivity index (χ4v) is 2.99. The van der Waals surface area contributed by atoms with Crippen LogP contribution < -0.4 is 0 Å². The molecule has 1 aromatic heterocycles. The number of thiocarbonyl (C=S) groups is 1. The molecule has 0 aliphatic rings. The Labute approximate surface area is 124 Å². The Balaban J connectivity index is 1.85. The van der Waals surface area contributed by atoms with Gasteiger partial charge < -0.3 is 0 Å². The van der Waals surface area contributed by atoms with Gasteiger partial charge >= 0.3 is 0 Å². The maximum Gasteiger partial charge on any atom is 0.0739 e. The molecule has 0 N–H and O–H groups in total. The van der Waals surface area contributed by atoms with Crippen molar-refractivity contribution in [2.24, 2.45) is 4.99 Å². The van der Waals surface area contributed by atoms with Gasteiger partial charge in [0.2, 0.25) is 0 Å². The molecule has 2 aromatic rings. The highest BCUT2D eigenvalue weighted by Gasteiger charge is 2.05. The molecule has 1 aromatic carbocycles. The standard InChI is InChI=1S/C16H17NS2/c1-13(4-2-5-16-6-3-11-19-16)14-7-9-15(10-8-14)17-12-18/h3,6-11,13H,2,4-5H2,1H3. The maximum absolute atomic E-state index is 4.60. The monoisotopic (exact) mass is 287 g/mol. The number of isothiocyanates is 1. The highest BCUT2D eigenvalue weighted by atomic mass is 32.1. The first kappa shape index (κ1) is 14.1. The number of benzene rings is 1. The molecule has 1 heterocycles. The number of aliphatic imine (C=N–C) groups is 1. The molecule has 0 amide bonds. The molecule has 1 nitrogen and oxygen atoms in total. The molecule has 0 bridgehead atoms. The van der Waals surface area contributed by atoms with Gasteiger partial charge in [-0.2, -0.15) is 4.99 Å². The summed E-state index contributed by atoms with van der Waals surface area (Å²) < 4.78 is 0. The van der Waals surface area contributed by atoms with Gasteiger partial charge in [-0.25, -0.2) is 0 Å². The topological polar surface area (TPSA) is 12.4 Å². The van der Waals surface area contributed by atoms with E-state index in [1.165, 1.54) is 29.7 Å². The van der Waals surface area contributed by atoms with E-state index in [9.17, 15) is 0 Å². The summed E-state index contributed by atoms with van der Waals surface area (Å²) in [7, 11) is 0. The van der Waals surface area contributed by atoms with Gasteiger partial charge in [-0.1, -0.05) is 25.1 Å². The van der Waals surface area contributed by atoms with Crippen LogP contribution in [0, 0.1) is 0 Å². The summed E-state index contributed by atoms with van der Waals surface area (Å²) in [4.78, 5) is 5.45. The summed E-state index contributed by atoms with van der Waals surface area (Å²) in [6.45, 7) is 2.28. The molecule has 0 fully saturated rings. The fourth-order valence-electron chi connectivity index (χ4n) is 2.13. The molecule has 1 atom stereocenters. The number of aryl methyl sites for hydroxylation is 1. The zero-order valence-corrected chi connectivity index (χ0v) is 12.6. The van der Waals surface area contributed by atoms with E-state index >= 15 is 0 Å². The van der Waals surface area contributed by atoms with Crippen LogP contribution in [0.5, 0.6) is 0 Å². The molecule has 0 aliphatic heterocycles. The van der Waals surface area contributed by atoms with Gasteiger partial charge in [-0.15, -0.1) is 11.3 Å². The first-order valence-electron chi connectivity index (χ1n) is 6.50. The van der Waals surface area contributed by atoms with Gasteiger partial charge in [0.1, 0.15) is 0 Å². The van der Waals surface area contributed by atoms with Crippen molar-refractivity contribution in [1.29, 1.82) is 0 Å². The minimum atomic E-state index is 0.588. The van der Waals surface area contributed by atoms with Gasteiger partial charge in [-0.3, -0.25) is 0 Å². The molecule has 3 heteroatoms. The van der Waals surface area contributed by atoms with E-state index in [1.54, 1.807) is 0 Å². The third kappa shape index (κ3) is 4.39. The van der Waals surface area contributed by atoms with Crippen LogP contribution in [0.15, 0.2) is 46.8 Å². The third-order valence-electron chi connectivity index (χ3n) is 3.28. The van der Waals surface area contributed by atoms with Crippen LogP contribution >= 0.6 is 23.6 Å². The van der Waals surface area contributed by atoms with Crippen LogP contribution in [-0.2, 0) is 6.42 Å².